The number of rotatable bonds is 39. The van der Waals surface area contributed by atoms with Gasteiger partial charge in [-0.05, 0) is 89.5 Å². The Morgan fingerprint density at radius 1 is 0.554 bits per heavy atom. The van der Waals surface area contributed by atoms with Gasteiger partial charge in [0.1, 0.15) is 12.1 Å². The number of ether oxygens (including phenoxy) is 1. The number of hydrogen-bond acceptors (Lipinski definition) is 6. The van der Waals surface area contributed by atoms with Crippen molar-refractivity contribution in [2.45, 2.75) is 199 Å². The summed E-state index contributed by atoms with van der Waals surface area (Å²) in [6.45, 7) is 3.39. The molecular formula is C47H80N2O7. The van der Waals surface area contributed by atoms with E-state index in [-0.39, 0.29) is 30.9 Å². The number of carbonyl (C=O) groups is 4. The average Bonchev–Trinajstić information content (AvgIpc) is 3.18. The van der Waals surface area contributed by atoms with Gasteiger partial charge >= 0.3 is 11.9 Å². The molecule has 0 saturated heterocycles. The van der Waals surface area contributed by atoms with Crippen molar-refractivity contribution in [3.63, 3.8) is 0 Å². The topological polar surface area (TPSA) is 142 Å². The lowest BCUT2D eigenvalue weighted by molar-refractivity contribution is -0.147. The van der Waals surface area contributed by atoms with Crippen molar-refractivity contribution in [3.8, 4) is 0 Å². The third-order valence-electron chi connectivity index (χ3n) is 9.47. The summed E-state index contributed by atoms with van der Waals surface area (Å²) < 4.78 is 5.88. The second-order valence-electron chi connectivity index (χ2n) is 14.8. The van der Waals surface area contributed by atoms with E-state index in [4.69, 9.17) is 14.9 Å². The van der Waals surface area contributed by atoms with Gasteiger partial charge in [0.25, 0.3) is 0 Å². The van der Waals surface area contributed by atoms with E-state index in [1.165, 1.54) is 77.0 Å². The first-order valence-corrected chi connectivity index (χ1v) is 22.2. The Labute approximate surface area is 341 Å². The Bertz CT molecular complexity index is 1130. The predicted molar refractivity (Wildman–Crippen MR) is 231 cm³/mol. The van der Waals surface area contributed by atoms with Crippen molar-refractivity contribution in [3.05, 3.63) is 60.8 Å². The van der Waals surface area contributed by atoms with Crippen molar-refractivity contribution < 1.29 is 34.1 Å². The zero-order chi connectivity index (χ0) is 41.2. The number of unbranched alkanes of at least 4 members (excludes halogenated alkanes) is 17. The number of carboxylic acids is 1. The van der Waals surface area contributed by atoms with Crippen LogP contribution in [0.15, 0.2) is 60.8 Å². The van der Waals surface area contributed by atoms with Crippen LogP contribution >= 0.6 is 0 Å². The van der Waals surface area contributed by atoms with Crippen LogP contribution < -0.4 is 10.6 Å². The number of amides is 2. The minimum absolute atomic E-state index is 0.142. The van der Waals surface area contributed by atoms with Crippen LogP contribution in [0, 0.1) is 0 Å². The van der Waals surface area contributed by atoms with Gasteiger partial charge in [0, 0.05) is 12.8 Å². The lowest BCUT2D eigenvalue weighted by Gasteiger charge is -2.15. The predicted octanol–water partition coefficient (Wildman–Crippen LogP) is 10.9. The molecule has 9 heteroatoms. The standard InChI is InChI=1S/C47H80N2O7/c1-3-5-7-9-11-13-14-15-16-17-18-19-20-21-22-23-24-25-27-29-35-39-46(53)56-42(36-32-28-26-12-10-8-6-4-2)37-33-30-31-34-38-44(51)48-40-45(52)49-43(41-50)47(54)55/h12,14-15,17-18,20-21,26,32,36,42-43,50H,3-11,13,16,19,22-25,27-31,33-35,37-41H2,1-2H3,(H,48,51)(H,49,52)(H,54,55)/b15-14-,18-17-,21-20-,26-12-,36-32-. The number of esters is 1. The van der Waals surface area contributed by atoms with E-state index in [0.717, 1.165) is 77.0 Å². The second kappa shape index (κ2) is 41.2. The minimum Gasteiger partial charge on any atom is -0.480 e. The van der Waals surface area contributed by atoms with Crippen molar-refractivity contribution in [1.29, 1.82) is 0 Å². The summed E-state index contributed by atoms with van der Waals surface area (Å²) in [5.74, 6) is -2.44. The summed E-state index contributed by atoms with van der Waals surface area (Å²) >= 11 is 0. The summed E-state index contributed by atoms with van der Waals surface area (Å²) in [4.78, 5) is 47.5. The second-order valence-corrected chi connectivity index (χ2v) is 14.8. The van der Waals surface area contributed by atoms with E-state index < -0.39 is 24.5 Å². The van der Waals surface area contributed by atoms with Gasteiger partial charge in [-0.3, -0.25) is 14.4 Å². The van der Waals surface area contributed by atoms with Gasteiger partial charge < -0.3 is 25.6 Å². The van der Waals surface area contributed by atoms with Crippen LogP contribution in [0.2, 0.25) is 0 Å². The zero-order valence-electron chi connectivity index (χ0n) is 35.4. The molecule has 320 valence electrons. The first-order valence-electron chi connectivity index (χ1n) is 22.2. The molecule has 0 aliphatic carbocycles. The molecule has 0 saturated carbocycles. The molecule has 0 heterocycles. The first kappa shape index (κ1) is 52.5. The third-order valence-corrected chi connectivity index (χ3v) is 9.47. The molecule has 0 spiro atoms. The van der Waals surface area contributed by atoms with E-state index in [9.17, 15) is 19.2 Å². The van der Waals surface area contributed by atoms with Gasteiger partial charge in [-0.15, -0.1) is 0 Å². The molecule has 2 atom stereocenters. The normalized spacial score (nSPS) is 13.1. The van der Waals surface area contributed by atoms with E-state index in [1.807, 2.05) is 6.08 Å². The maximum atomic E-state index is 12.7. The summed E-state index contributed by atoms with van der Waals surface area (Å²) in [5.41, 5.74) is 0. The first-order chi connectivity index (χ1) is 27.3. The van der Waals surface area contributed by atoms with Gasteiger partial charge in [-0.2, -0.15) is 0 Å². The molecule has 0 fully saturated rings. The largest absolute Gasteiger partial charge is 0.480 e. The monoisotopic (exact) mass is 785 g/mol. The number of carboxylic acid groups (broad SMARTS) is 1. The Morgan fingerprint density at radius 3 is 1.59 bits per heavy atom. The molecule has 0 aliphatic rings. The highest BCUT2D eigenvalue weighted by Gasteiger charge is 2.18. The molecule has 0 radical (unpaired) electrons. The van der Waals surface area contributed by atoms with Crippen molar-refractivity contribution in [1.82, 2.24) is 10.6 Å². The van der Waals surface area contributed by atoms with E-state index in [2.05, 4.69) is 79.2 Å². The number of aliphatic hydroxyl groups excluding tert-OH is 1. The van der Waals surface area contributed by atoms with Crippen LogP contribution in [0.25, 0.3) is 0 Å². The fourth-order valence-corrected chi connectivity index (χ4v) is 6.02. The highest BCUT2D eigenvalue weighted by molar-refractivity contribution is 5.87. The number of hydrogen-bond donors (Lipinski definition) is 4. The van der Waals surface area contributed by atoms with Crippen LogP contribution in [-0.4, -0.2) is 59.3 Å². The lowest BCUT2D eigenvalue weighted by atomic mass is 10.1. The van der Waals surface area contributed by atoms with Gasteiger partial charge in [0.05, 0.1) is 13.2 Å². The molecule has 0 rings (SSSR count). The zero-order valence-corrected chi connectivity index (χ0v) is 35.4. The fraction of sp³-hybridized carbons (Fsp3) is 0.702. The summed E-state index contributed by atoms with van der Waals surface area (Å²) in [6, 6.07) is -1.40. The maximum Gasteiger partial charge on any atom is 0.328 e. The number of aliphatic hydroxyl groups is 1. The van der Waals surface area contributed by atoms with Gasteiger partial charge in [-0.25, -0.2) is 4.79 Å². The number of carbonyl (C=O) groups excluding carboxylic acids is 3. The molecule has 56 heavy (non-hydrogen) atoms. The van der Waals surface area contributed by atoms with Crippen LogP contribution in [0.1, 0.15) is 187 Å². The number of aliphatic carboxylic acids is 1. The molecule has 2 unspecified atom stereocenters. The Morgan fingerprint density at radius 2 is 1.02 bits per heavy atom. The molecule has 0 aliphatic heterocycles. The van der Waals surface area contributed by atoms with Crippen LogP contribution in [0.3, 0.4) is 0 Å². The summed E-state index contributed by atoms with van der Waals surface area (Å²) in [7, 11) is 0. The van der Waals surface area contributed by atoms with Crippen LogP contribution in [0.5, 0.6) is 0 Å². The fourth-order valence-electron chi connectivity index (χ4n) is 6.02. The van der Waals surface area contributed by atoms with E-state index in [0.29, 0.717) is 12.8 Å². The van der Waals surface area contributed by atoms with Gasteiger partial charge in [0.15, 0.2) is 0 Å². The maximum absolute atomic E-state index is 12.7. The number of nitrogens with one attached hydrogen (secondary N) is 2. The summed E-state index contributed by atoms with van der Waals surface area (Å²) in [6.07, 6.45) is 49.8. The molecule has 0 bridgehead atoms. The van der Waals surface area contributed by atoms with E-state index >= 15 is 0 Å². The average molecular weight is 785 g/mol. The number of allylic oxidation sites excluding steroid dienone is 9. The van der Waals surface area contributed by atoms with Gasteiger partial charge in [0.2, 0.25) is 11.8 Å². The highest BCUT2D eigenvalue weighted by atomic mass is 16.5. The minimum atomic E-state index is -1.40. The summed E-state index contributed by atoms with van der Waals surface area (Å²) in [5, 5.41) is 22.5. The van der Waals surface area contributed by atoms with Crippen LogP contribution in [-0.2, 0) is 23.9 Å². The lowest BCUT2D eigenvalue weighted by Crippen LogP contribution is -2.47. The Balaban J connectivity index is 4.25. The quantitative estimate of drug-likeness (QED) is 0.0276. The smallest absolute Gasteiger partial charge is 0.328 e. The Kier molecular flexibility index (Phi) is 38.6. The molecular weight excluding hydrogens is 705 g/mol. The van der Waals surface area contributed by atoms with Crippen molar-refractivity contribution in [2.24, 2.45) is 0 Å². The van der Waals surface area contributed by atoms with Crippen LogP contribution in [0.4, 0.5) is 0 Å². The molecule has 0 aromatic rings. The van der Waals surface area contributed by atoms with Crippen molar-refractivity contribution in [2.75, 3.05) is 13.2 Å². The SMILES string of the molecule is CCCCC/C=C\C/C=C\C(CCCCCCC(=O)NCC(=O)NC(CO)C(=O)O)OC(=O)CCCCCCCC/C=C\C/C=C\C/C=C\CCCCCCC. The Hall–Kier alpha value is -3.46. The third kappa shape index (κ3) is 37.5. The van der Waals surface area contributed by atoms with Gasteiger partial charge in [-0.1, -0.05) is 146 Å². The molecule has 0 aromatic carbocycles. The van der Waals surface area contributed by atoms with E-state index in [1.54, 1.807) is 0 Å². The molecule has 9 nitrogen and oxygen atoms in total. The highest BCUT2D eigenvalue weighted by Crippen LogP contribution is 2.15. The molecule has 0 aromatic heterocycles. The van der Waals surface area contributed by atoms with Crippen molar-refractivity contribution >= 4 is 23.8 Å². The molecule has 4 N–H and O–H groups in total. The molecule has 2 amide bonds.